The Morgan fingerprint density at radius 3 is 2.59 bits per heavy atom. The van der Waals surface area contributed by atoms with Crippen molar-refractivity contribution in [3.8, 4) is 0 Å². The molecule has 8 heteroatoms. The molecule has 152 valence electrons. The van der Waals surface area contributed by atoms with Gasteiger partial charge in [0.2, 0.25) is 0 Å². The number of carbonyl (C=O) groups excluding carboxylic acids is 1. The number of alkyl halides is 3. The normalized spacial score (nSPS) is 18.2. The Kier molecular flexibility index (Phi) is 7.49. The molecule has 0 aliphatic carbocycles. The molecule has 1 unspecified atom stereocenters. The first-order chi connectivity index (χ1) is 12.7. The highest BCUT2D eigenvalue weighted by molar-refractivity contribution is 5.90. The molecule has 1 fully saturated rings. The van der Waals surface area contributed by atoms with E-state index in [0.29, 0.717) is 13.1 Å². The average molecular weight is 386 g/mol. The summed E-state index contributed by atoms with van der Waals surface area (Å²) in [5.74, 6) is 0. The summed E-state index contributed by atoms with van der Waals surface area (Å²) < 4.78 is 39.3. The van der Waals surface area contributed by atoms with Crippen LogP contribution in [0.4, 0.5) is 23.7 Å². The van der Waals surface area contributed by atoms with Crippen LogP contribution in [0.5, 0.6) is 0 Å². The summed E-state index contributed by atoms with van der Waals surface area (Å²) >= 11 is 0. The van der Waals surface area contributed by atoms with Crippen molar-refractivity contribution in [2.45, 2.75) is 31.5 Å². The number of benzene rings is 1. The first-order valence-corrected chi connectivity index (χ1v) is 9.25. The number of urea groups is 1. The quantitative estimate of drug-likeness (QED) is 0.812. The van der Waals surface area contributed by atoms with Crippen molar-refractivity contribution in [1.29, 1.82) is 0 Å². The molecule has 1 N–H and O–H groups in total. The number of nitrogens with zero attached hydrogens (tertiary/aromatic N) is 3. The predicted octanol–water partition coefficient (Wildman–Crippen LogP) is 3.59. The van der Waals surface area contributed by atoms with Crippen LogP contribution in [0.2, 0.25) is 0 Å². The lowest BCUT2D eigenvalue weighted by molar-refractivity contribution is -0.136. The summed E-state index contributed by atoms with van der Waals surface area (Å²) in [4.78, 5) is 18.5. The molecule has 0 aromatic heterocycles. The van der Waals surface area contributed by atoms with Gasteiger partial charge >= 0.3 is 12.2 Å². The van der Waals surface area contributed by atoms with Crippen LogP contribution in [0.1, 0.15) is 24.8 Å². The molecule has 1 atom stereocenters. The predicted molar refractivity (Wildman–Crippen MR) is 101 cm³/mol. The van der Waals surface area contributed by atoms with E-state index in [-0.39, 0.29) is 11.7 Å². The fourth-order valence-electron chi connectivity index (χ4n) is 3.35. The number of anilines is 1. The van der Waals surface area contributed by atoms with Gasteiger partial charge in [0.1, 0.15) is 0 Å². The van der Waals surface area contributed by atoms with Crippen molar-refractivity contribution in [2.24, 2.45) is 0 Å². The number of para-hydroxylation sites is 1. The number of likely N-dealkylation sites (N-methyl/N-ethyl adjacent to an activating group) is 1. The SMILES string of the molecule is CN(C)CCCN(C)C1CCCN(C(=O)Nc2ccccc2C(F)(F)F)C1. The van der Waals surface area contributed by atoms with E-state index >= 15 is 0 Å². The Labute approximate surface area is 159 Å². The zero-order chi connectivity index (χ0) is 20.0. The molecule has 1 aliphatic heterocycles. The molecule has 1 aromatic rings. The first kappa shape index (κ1) is 21.5. The Morgan fingerprint density at radius 1 is 1.22 bits per heavy atom. The molecule has 5 nitrogen and oxygen atoms in total. The lowest BCUT2D eigenvalue weighted by Gasteiger charge is -2.37. The van der Waals surface area contributed by atoms with E-state index in [1.54, 1.807) is 4.90 Å². The van der Waals surface area contributed by atoms with E-state index in [2.05, 4.69) is 15.1 Å². The summed E-state index contributed by atoms with van der Waals surface area (Å²) in [6, 6.07) is 4.82. The third-order valence-electron chi connectivity index (χ3n) is 4.90. The average Bonchev–Trinajstić information content (AvgIpc) is 2.61. The van der Waals surface area contributed by atoms with Gasteiger partial charge in [-0.15, -0.1) is 0 Å². The number of carbonyl (C=O) groups is 1. The van der Waals surface area contributed by atoms with Crippen LogP contribution >= 0.6 is 0 Å². The molecule has 0 radical (unpaired) electrons. The summed E-state index contributed by atoms with van der Waals surface area (Å²) in [6.45, 7) is 3.01. The number of piperidine rings is 1. The second-order valence-electron chi connectivity index (χ2n) is 7.35. The van der Waals surface area contributed by atoms with Gasteiger partial charge in [0.05, 0.1) is 11.3 Å². The molecule has 1 aliphatic rings. The van der Waals surface area contributed by atoms with Crippen LogP contribution in [0.3, 0.4) is 0 Å². The Morgan fingerprint density at radius 2 is 1.93 bits per heavy atom. The van der Waals surface area contributed by atoms with Crippen molar-refractivity contribution < 1.29 is 18.0 Å². The highest BCUT2D eigenvalue weighted by Gasteiger charge is 2.34. The number of hydrogen-bond donors (Lipinski definition) is 1. The van der Waals surface area contributed by atoms with Gasteiger partial charge in [-0.05, 0) is 65.6 Å². The number of likely N-dealkylation sites (tertiary alicyclic amines) is 1. The number of rotatable bonds is 6. The van der Waals surface area contributed by atoms with Gasteiger partial charge in [-0.2, -0.15) is 13.2 Å². The van der Waals surface area contributed by atoms with E-state index < -0.39 is 17.8 Å². The zero-order valence-electron chi connectivity index (χ0n) is 16.2. The van der Waals surface area contributed by atoms with Gasteiger partial charge in [-0.25, -0.2) is 4.79 Å². The van der Waals surface area contributed by atoms with Gasteiger partial charge in [0.15, 0.2) is 0 Å². The maximum atomic E-state index is 13.1. The van der Waals surface area contributed by atoms with Crippen molar-refractivity contribution in [3.63, 3.8) is 0 Å². The minimum atomic E-state index is -4.50. The van der Waals surface area contributed by atoms with Crippen molar-refractivity contribution in [2.75, 3.05) is 52.6 Å². The topological polar surface area (TPSA) is 38.8 Å². The van der Waals surface area contributed by atoms with Crippen molar-refractivity contribution in [3.05, 3.63) is 29.8 Å². The molecular weight excluding hydrogens is 357 g/mol. The largest absolute Gasteiger partial charge is 0.418 e. The Hall–Kier alpha value is -1.80. The van der Waals surface area contributed by atoms with E-state index in [1.165, 1.54) is 18.2 Å². The fraction of sp³-hybridized carbons (Fsp3) is 0.632. The highest BCUT2D eigenvalue weighted by atomic mass is 19.4. The second-order valence-corrected chi connectivity index (χ2v) is 7.35. The number of nitrogens with one attached hydrogen (secondary N) is 1. The molecule has 2 amide bonds. The van der Waals surface area contributed by atoms with Gasteiger partial charge < -0.3 is 20.0 Å². The van der Waals surface area contributed by atoms with Crippen LogP contribution in [-0.4, -0.2) is 74.1 Å². The Balaban J connectivity index is 1.95. The van der Waals surface area contributed by atoms with E-state index in [1.807, 2.05) is 21.1 Å². The monoisotopic (exact) mass is 386 g/mol. The number of halogens is 3. The molecule has 1 heterocycles. The summed E-state index contributed by atoms with van der Waals surface area (Å²) in [5, 5.41) is 2.45. The molecule has 0 bridgehead atoms. The van der Waals surface area contributed by atoms with E-state index in [0.717, 1.165) is 38.4 Å². The fourth-order valence-corrected chi connectivity index (χ4v) is 3.35. The third-order valence-corrected chi connectivity index (χ3v) is 4.90. The lowest BCUT2D eigenvalue weighted by atomic mass is 10.0. The third kappa shape index (κ3) is 6.39. The van der Waals surface area contributed by atoms with Crippen LogP contribution in [0, 0.1) is 0 Å². The first-order valence-electron chi connectivity index (χ1n) is 9.25. The van der Waals surface area contributed by atoms with E-state index in [9.17, 15) is 18.0 Å². The highest BCUT2D eigenvalue weighted by Crippen LogP contribution is 2.34. The standard InChI is InChI=1S/C19H29F3N4O/c1-24(2)11-7-12-25(3)15-8-6-13-26(14-15)18(27)23-17-10-5-4-9-16(17)19(20,21)22/h4-5,9-10,15H,6-8,11-14H2,1-3H3,(H,23,27). The Bertz CT molecular complexity index is 621. The van der Waals surface area contributed by atoms with Gasteiger partial charge in [-0.1, -0.05) is 12.1 Å². The van der Waals surface area contributed by atoms with Crippen LogP contribution in [0.25, 0.3) is 0 Å². The maximum Gasteiger partial charge on any atom is 0.418 e. The second kappa shape index (κ2) is 9.41. The summed E-state index contributed by atoms with van der Waals surface area (Å²) in [5.41, 5.74) is -1.02. The van der Waals surface area contributed by atoms with Gasteiger partial charge in [-0.3, -0.25) is 0 Å². The maximum absolute atomic E-state index is 13.1. The lowest BCUT2D eigenvalue weighted by Crippen LogP contribution is -2.50. The smallest absolute Gasteiger partial charge is 0.323 e. The van der Waals surface area contributed by atoms with Gasteiger partial charge in [0, 0.05) is 19.1 Å². The van der Waals surface area contributed by atoms with Gasteiger partial charge in [0.25, 0.3) is 0 Å². The minimum Gasteiger partial charge on any atom is -0.323 e. The number of hydrogen-bond acceptors (Lipinski definition) is 3. The molecule has 2 rings (SSSR count). The summed E-state index contributed by atoms with van der Waals surface area (Å²) in [6.07, 6.45) is -1.63. The van der Waals surface area contributed by atoms with Crippen LogP contribution < -0.4 is 5.32 Å². The van der Waals surface area contributed by atoms with Crippen LogP contribution in [-0.2, 0) is 6.18 Å². The molecule has 1 aromatic carbocycles. The molecule has 27 heavy (non-hydrogen) atoms. The molecule has 1 saturated heterocycles. The molecular formula is C19H29F3N4O. The zero-order valence-corrected chi connectivity index (χ0v) is 16.2. The summed E-state index contributed by atoms with van der Waals surface area (Å²) in [7, 11) is 6.11. The molecule has 0 saturated carbocycles. The van der Waals surface area contributed by atoms with E-state index in [4.69, 9.17) is 0 Å². The van der Waals surface area contributed by atoms with Crippen molar-refractivity contribution >= 4 is 11.7 Å². The molecule has 0 spiro atoms. The number of amides is 2. The van der Waals surface area contributed by atoms with Crippen molar-refractivity contribution in [1.82, 2.24) is 14.7 Å². The van der Waals surface area contributed by atoms with Crippen LogP contribution in [0.15, 0.2) is 24.3 Å². The minimum absolute atomic E-state index is 0.198.